The molecule has 2 aliphatic rings. The Kier molecular flexibility index (Phi) is 6.65. The van der Waals surface area contributed by atoms with Gasteiger partial charge in [0.15, 0.2) is 0 Å². The number of amides is 3. The molecule has 0 saturated carbocycles. The van der Waals surface area contributed by atoms with Gasteiger partial charge in [-0.05, 0) is 55.2 Å². The average Bonchev–Trinajstić information content (AvgIpc) is 3.29. The van der Waals surface area contributed by atoms with Crippen molar-refractivity contribution in [2.75, 3.05) is 26.7 Å². The molecule has 0 aromatic heterocycles. The topological polar surface area (TPSA) is 79.0 Å². The van der Waals surface area contributed by atoms with E-state index in [9.17, 15) is 14.4 Å². The van der Waals surface area contributed by atoms with E-state index in [-0.39, 0.29) is 36.9 Å². The van der Waals surface area contributed by atoms with Crippen LogP contribution in [0.4, 0.5) is 0 Å². The van der Waals surface area contributed by atoms with Gasteiger partial charge < -0.3 is 19.9 Å². The molecule has 0 aliphatic carbocycles. The Balaban J connectivity index is 1.42. The number of carbonyl (C=O) groups is 3. The number of fused-ring (bicyclic) bond motifs is 1. The summed E-state index contributed by atoms with van der Waals surface area (Å²) in [5.41, 5.74) is 2.26. The van der Waals surface area contributed by atoms with Crippen molar-refractivity contribution < 1.29 is 19.1 Å². The van der Waals surface area contributed by atoms with Crippen LogP contribution in [0.15, 0.2) is 42.5 Å². The van der Waals surface area contributed by atoms with Crippen LogP contribution in [0.25, 0.3) is 0 Å². The molecule has 0 radical (unpaired) electrons. The van der Waals surface area contributed by atoms with Gasteiger partial charge in [0.05, 0.1) is 7.11 Å². The first kappa shape index (κ1) is 22.1. The standard InChI is InChI=1S/C24H26ClN3O4/c1-32-21-9-6-17(23(30)26-11-10-16-4-7-19(25)8-5-16)13-18(21)14-27-15-22(29)28-12-2-3-20(28)24(27)31/h4-9,13,20H,2-3,10-12,14-15H2,1H3,(H,26,30)/t20-/m1/s1. The zero-order chi connectivity index (χ0) is 22.7. The van der Waals surface area contributed by atoms with Gasteiger partial charge >= 0.3 is 0 Å². The fourth-order valence-electron chi connectivity index (χ4n) is 4.32. The molecule has 8 heteroatoms. The molecular weight excluding hydrogens is 430 g/mol. The van der Waals surface area contributed by atoms with Gasteiger partial charge in [0.1, 0.15) is 18.3 Å². The molecule has 2 aromatic carbocycles. The fourth-order valence-corrected chi connectivity index (χ4v) is 4.45. The van der Waals surface area contributed by atoms with Gasteiger partial charge in [-0.25, -0.2) is 0 Å². The van der Waals surface area contributed by atoms with E-state index in [4.69, 9.17) is 16.3 Å². The summed E-state index contributed by atoms with van der Waals surface area (Å²) in [6.07, 6.45) is 2.24. The Morgan fingerprint density at radius 3 is 2.72 bits per heavy atom. The molecule has 2 fully saturated rings. The first-order chi connectivity index (χ1) is 15.5. The molecule has 1 atom stereocenters. The second-order valence-electron chi connectivity index (χ2n) is 8.10. The number of rotatable bonds is 7. The number of ether oxygens (including phenoxy) is 1. The van der Waals surface area contributed by atoms with Gasteiger partial charge in [-0.15, -0.1) is 0 Å². The lowest BCUT2D eigenvalue weighted by atomic mass is 10.1. The lowest BCUT2D eigenvalue weighted by Gasteiger charge is -2.36. The van der Waals surface area contributed by atoms with E-state index < -0.39 is 0 Å². The predicted molar refractivity (Wildman–Crippen MR) is 121 cm³/mol. The van der Waals surface area contributed by atoms with Gasteiger partial charge in [-0.3, -0.25) is 14.4 Å². The van der Waals surface area contributed by atoms with E-state index in [1.165, 1.54) is 0 Å². The molecule has 0 bridgehead atoms. The van der Waals surface area contributed by atoms with E-state index >= 15 is 0 Å². The van der Waals surface area contributed by atoms with Gasteiger partial charge in [0.2, 0.25) is 11.8 Å². The van der Waals surface area contributed by atoms with E-state index in [0.29, 0.717) is 47.8 Å². The number of nitrogens with one attached hydrogen (secondary N) is 1. The van der Waals surface area contributed by atoms with Gasteiger partial charge in [-0.2, -0.15) is 0 Å². The van der Waals surface area contributed by atoms with Crippen LogP contribution in [0.2, 0.25) is 5.02 Å². The number of hydrogen-bond acceptors (Lipinski definition) is 4. The number of carbonyl (C=O) groups excluding carboxylic acids is 3. The molecule has 2 aromatic rings. The highest BCUT2D eigenvalue weighted by atomic mass is 35.5. The summed E-state index contributed by atoms with van der Waals surface area (Å²) in [6, 6.07) is 12.3. The summed E-state index contributed by atoms with van der Waals surface area (Å²) in [4.78, 5) is 41.2. The highest BCUT2D eigenvalue weighted by Crippen LogP contribution is 2.27. The second kappa shape index (κ2) is 9.61. The monoisotopic (exact) mass is 455 g/mol. The third kappa shape index (κ3) is 4.72. The molecule has 3 amide bonds. The minimum atomic E-state index is -0.360. The molecule has 2 heterocycles. The quantitative estimate of drug-likeness (QED) is 0.696. The van der Waals surface area contributed by atoms with Crippen LogP contribution in [0.5, 0.6) is 5.75 Å². The first-order valence-corrected chi connectivity index (χ1v) is 11.1. The minimum Gasteiger partial charge on any atom is -0.496 e. The van der Waals surface area contributed by atoms with Crippen molar-refractivity contribution in [2.45, 2.75) is 31.8 Å². The maximum absolute atomic E-state index is 12.9. The number of hydrogen-bond donors (Lipinski definition) is 1. The molecule has 32 heavy (non-hydrogen) atoms. The van der Waals surface area contributed by atoms with Gasteiger partial charge in [0, 0.05) is 35.8 Å². The van der Waals surface area contributed by atoms with Crippen molar-refractivity contribution in [2.24, 2.45) is 0 Å². The number of nitrogens with zero attached hydrogens (tertiary/aromatic N) is 2. The van der Waals surface area contributed by atoms with Crippen molar-refractivity contribution in [3.05, 3.63) is 64.2 Å². The Morgan fingerprint density at radius 2 is 1.97 bits per heavy atom. The Labute approximate surface area is 192 Å². The molecule has 168 valence electrons. The van der Waals surface area contributed by atoms with E-state index in [2.05, 4.69) is 5.32 Å². The van der Waals surface area contributed by atoms with E-state index in [1.807, 2.05) is 24.3 Å². The minimum absolute atomic E-state index is 0.0258. The average molecular weight is 456 g/mol. The van der Waals surface area contributed by atoms with Gasteiger partial charge in [0.25, 0.3) is 5.91 Å². The molecule has 4 rings (SSSR count). The Bertz CT molecular complexity index is 1020. The van der Waals surface area contributed by atoms with Crippen LogP contribution < -0.4 is 10.1 Å². The zero-order valence-corrected chi connectivity index (χ0v) is 18.7. The SMILES string of the molecule is COc1ccc(C(=O)NCCc2ccc(Cl)cc2)cc1CN1CC(=O)N2CCC[C@@H]2C1=O. The highest BCUT2D eigenvalue weighted by Gasteiger charge is 2.41. The van der Waals surface area contributed by atoms with Crippen LogP contribution in [-0.2, 0) is 22.6 Å². The van der Waals surface area contributed by atoms with Crippen LogP contribution in [0.3, 0.4) is 0 Å². The van der Waals surface area contributed by atoms with Crippen molar-refractivity contribution in [3.8, 4) is 5.75 Å². The number of methoxy groups -OCH3 is 1. The van der Waals surface area contributed by atoms with Crippen molar-refractivity contribution in [3.63, 3.8) is 0 Å². The number of piperazine rings is 1. The summed E-state index contributed by atoms with van der Waals surface area (Å²) < 4.78 is 5.44. The second-order valence-corrected chi connectivity index (χ2v) is 8.53. The predicted octanol–water partition coefficient (Wildman–Crippen LogP) is 2.65. The fraction of sp³-hybridized carbons (Fsp3) is 0.375. The first-order valence-electron chi connectivity index (χ1n) is 10.7. The normalized spacial score (nSPS) is 18.0. The molecule has 2 saturated heterocycles. The Hall–Kier alpha value is -3.06. The molecule has 0 spiro atoms. The van der Waals surface area contributed by atoms with Crippen LogP contribution in [0.1, 0.15) is 34.3 Å². The smallest absolute Gasteiger partial charge is 0.251 e. The molecular formula is C24H26ClN3O4. The Morgan fingerprint density at radius 1 is 1.19 bits per heavy atom. The largest absolute Gasteiger partial charge is 0.496 e. The molecule has 1 N–H and O–H groups in total. The van der Waals surface area contributed by atoms with Crippen molar-refractivity contribution >= 4 is 29.3 Å². The third-order valence-electron chi connectivity index (χ3n) is 6.01. The van der Waals surface area contributed by atoms with Crippen molar-refractivity contribution in [1.29, 1.82) is 0 Å². The van der Waals surface area contributed by atoms with Crippen LogP contribution in [-0.4, -0.2) is 60.3 Å². The summed E-state index contributed by atoms with van der Waals surface area (Å²) in [6.45, 7) is 1.41. The third-order valence-corrected chi connectivity index (χ3v) is 6.26. The van der Waals surface area contributed by atoms with E-state index in [0.717, 1.165) is 12.0 Å². The van der Waals surface area contributed by atoms with Crippen molar-refractivity contribution in [1.82, 2.24) is 15.1 Å². The lowest BCUT2D eigenvalue weighted by Crippen LogP contribution is -2.56. The van der Waals surface area contributed by atoms with E-state index in [1.54, 1.807) is 35.1 Å². The maximum atomic E-state index is 12.9. The molecule has 2 aliphatic heterocycles. The maximum Gasteiger partial charge on any atom is 0.251 e. The number of benzene rings is 2. The van der Waals surface area contributed by atoms with Crippen LogP contribution in [0, 0.1) is 0 Å². The molecule has 7 nitrogen and oxygen atoms in total. The lowest BCUT2D eigenvalue weighted by molar-refractivity contribution is -0.154. The summed E-state index contributed by atoms with van der Waals surface area (Å²) >= 11 is 5.90. The zero-order valence-electron chi connectivity index (χ0n) is 18.0. The highest BCUT2D eigenvalue weighted by molar-refractivity contribution is 6.30. The summed E-state index contributed by atoms with van der Waals surface area (Å²) in [5, 5.41) is 3.60. The number of halogens is 1. The van der Waals surface area contributed by atoms with Gasteiger partial charge in [-0.1, -0.05) is 23.7 Å². The summed E-state index contributed by atoms with van der Waals surface area (Å²) in [7, 11) is 1.55. The van der Waals surface area contributed by atoms with Crippen LogP contribution >= 0.6 is 11.6 Å². The molecule has 0 unspecified atom stereocenters. The summed E-state index contributed by atoms with van der Waals surface area (Å²) in [5.74, 6) is 0.312.